The molecular weight excluding hydrogens is 419 g/mol. The smallest absolute Gasteiger partial charge is 0.193 e. The summed E-state index contributed by atoms with van der Waals surface area (Å²) in [6.45, 7) is 1.80. The van der Waals surface area contributed by atoms with Crippen LogP contribution in [0.25, 0.3) is 0 Å². The lowest BCUT2D eigenvalue weighted by atomic mass is 9.89. The average Bonchev–Trinajstić information content (AvgIpc) is 2.67. The van der Waals surface area contributed by atoms with E-state index in [0.717, 1.165) is 0 Å². The van der Waals surface area contributed by atoms with E-state index < -0.39 is 6.04 Å². The van der Waals surface area contributed by atoms with E-state index in [0.29, 0.717) is 44.0 Å². The number of rotatable bonds is 5. The fraction of sp³-hybridized carbons (Fsp3) is 0.200. The molecule has 3 rings (SSSR count). The lowest BCUT2D eigenvalue weighted by Crippen LogP contribution is -2.45. The third kappa shape index (κ3) is 3.68. The summed E-state index contributed by atoms with van der Waals surface area (Å²) < 4.78 is 10.8. The van der Waals surface area contributed by atoms with Gasteiger partial charge < -0.3 is 20.1 Å². The Morgan fingerprint density at radius 3 is 2.36 bits per heavy atom. The summed E-state index contributed by atoms with van der Waals surface area (Å²) in [6, 6.07) is 10.1. The molecule has 0 aliphatic carbocycles. The minimum absolute atomic E-state index is 0.143. The second-order valence-electron chi connectivity index (χ2n) is 6.09. The molecule has 1 aliphatic heterocycles. The van der Waals surface area contributed by atoms with Crippen molar-refractivity contribution in [3.05, 3.63) is 68.8 Å². The lowest BCUT2D eigenvalue weighted by molar-refractivity contribution is 0.102. The first-order valence-electron chi connectivity index (χ1n) is 8.37. The number of nitrogens with one attached hydrogen (secondary N) is 2. The van der Waals surface area contributed by atoms with Gasteiger partial charge in [-0.2, -0.15) is 0 Å². The van der Waals surface area contributed by atoms with Gasteiger partial charge >= 0.3 is 0 Å². The molecule has 0 saturated heterocycles. The van der Waals surface area contributed by atoms with Gasteiger partial charge in [-0.1, -0.05) is 53.5 Å². The SMILES string of the molecule is COc1c(Cl)cc(C2NC(=S)NC(C)=C2C(=O)c2ccccc2)c(OC)c1Cl. The second kappa shape index (κ2) is 8.39. The van der Waals surface area contributed by atoms with Crippen LogP contribution in [0.2, 0.25) is 10.0 Å². The number of hydrogen-bond acceptors (Lipinski definition) is 4. The number of ketones is 1. The Balaban J connectivity index is 2.20. The van der Waals surface area contributed by atoms with Crippen molar-refractivity contribution in [2.75, 3.05) is 14.2 Å². The van der Waals surface area contributed by atoms with Crippen molar-refractivity contribution in [3.8, 4) is 11.5 Å². The van der Waals surface area contributed by atoms with Crippen molar-refractivity contribution in [1.82, 2.24) is 10.6 Å². The number of methoxy groups -OCH3 is 2. The molecule has 0 spiro atoms. The molecule has 0 fully saturated rings. The van der Waals surface area contributed by atoms with Crippen molar-refractivity contribution in [2.45, 2.75) is 13.0 Å². The third-order valence-electron chi connectivity index (χ3n) is 4.43. The van der Waals surface area contributed by atoms with Crippen LogP contribution in [0.5, 0.6) is 11.5 Å². The van der Waals surface area contributed by atoms with Crippen LogP contribution in [0, 0.1) is 0 Å². The van der Waals surface area contributed by atoms with Gasteiger partial charge in [0.15, 0.2) is 16.6 Å². The van der Waals surface area contributed by atoms with Gasteiger partial charge in [0.25, 0.3) is 0 Å². The molecule has 1 atom stereocenters. The van der Waals surface area contributed by atoms with E-state index >= 15 is 0 Å². The molecule has 8 heteroatoms. The molecule has 5 nitrogen and oxygen atoms in total. The number of halogens is 2. The summed E-state index contributed by atoms with van der Waals surface area (Å²) in [5.41, 5.74) is 2.28. The Morgan fingerprint density at radius 1 is 1.11 bits per heavy atom. The molecule has 0 bridgehead atoms. The molecule has 0 saturated carbocycles. The van der Waals surface area contributed by atoms with E-state index in [2.05, 4.69) is 10.6 Å². The Bertz CT molecular complexity index is 977. The van der Waals surface area contributed by atoms with Crippen molar-refractivity contribution < 1.29 is 14.3 Å². The van der Waals surface area contributed by atoms with Crippen LogP contribution in [0.3, 0.4) is 0 Å². The minimum atomic E-state index is -0.600. The molecule has 0 radical (unpaired) electrons. The van der Waals surface area contributed by atoms with Crippen molar-refractivity contribution >= 4 is 46.3 Å². The van der Waals surface area contributed by atoms with Crippen LogP contribution < -0.4 is 20.1 Å². The number of thiocarbonyl (C=S) groups is 1. The summed E-state index contributed by atoms with van der Waals surface area (Å²) >= 11 is 18.1. The van der Waals surface area contributed by atoms with Crippen molar-refractivity contribution in [1.29, 1.82) is 0 Å². The number of ether oxygens (including phenoxy) is 2. The summed E-state index contributed by atoms with van der Waals surface area (Å²) in [5, 5.41) is 7.07. The number of Topliss-reactive ketones (excluding diaryl/α,β-unsaturated/α-hetero) is 1. The Morgan fingerprint density at radius 2 is 1.75 bits per heavy atom. The molecule has 28 heavy (non-hydrogen) atoms. The average molecular weight is 437 g/mol. The van der Waals surface area contributed by atoms with Crippen LogP contribution in [0.1, 0.15) is 28.9 Å². The normalized spacial score (nSPS) is 16.3. The summed E-state index contributed by atoms with van der Waals surface area (Å²) in [6.07, 6.45) is 0. The first kappa shape index (κ1) is 20.5. The highest BCUT2D eigenvalue weighted by Gasteiger charge is 2.34. The Labute approximate surface area is 178 Å². The summed E-state index contributed by atoms with van der Waals surface area (Å²) in [5.74, 6) is 0.518. The standard InChI is InChI=1S/C20H18Cl2N2O3S/c1-10-14(17(25)11-7-5-4-6-8-11)16(24-20(28)23-10)12-9-13(21)19(27-3)15(22)18(12)26-2/h4-9,16H,1-3H3,(H2,23,24,28). The largest absolute Gasteiger partial charge is 0.495 e. The van der Waals surface area contributed by atoms with Crippen molar-refractivity contribution in [3.63, 3.8) is 0 Å². The molecule has 1 unspecified atom stereocenters. The molecule has 146 valence electrons. The number of carbonyl (C=O) groups excluding carboxylic acids is 1. The number of hydrogen-bond donors (Lipinski definition) is 2. The number of benzene rings is 2. The van der Waals surface area contributed by atoms with Gasteiger partial charge in [-0.05, 0) is 25.2 Å². The van der Waals surface area contributed by atoms with E-state index in [1.54, 1.807) is 25.1 Å². The van der Waals surface area contributed by atoms with E-state index in [-0.39, 0.29) is 10.8 Å². The maximum atomic E-state index is 13.3. The second-order valence-corrected chi connectivity index (χ2v) is 7.29. The van der Waals surface area contributed by atoms with Crippen LogP contribution in [0.4, 0.5) is 0 Å². The monoisotopic (exact) mass is 436 g/mol. The van der Waals surface area contributed by atoms with Gasteiger partial charge in [-0.3, -0.25) is 4.79 Å². The van der Waals surface area contributed by atoms with Gasteiger partial charge in [-0.25, -0.2) is 0 Å². The molecule has 1 aliphatic rings. The first-order chi connectivity index (χ1) is 13.4. The zero-order valence-electron chi connectivity index (χ0n) is 15.4. The predicted molar refractivity (Wildman–Crippen MR) is 115 cm³/mol. The predicted octanol–water partition coefficient (Wildman–Crippen LogP) is 4.69. The fourth-order valence-corrected chi connectivity index (χ4v) is 4.16. The minimum Gasteiger partial charge on any atom is -0.495 e. The molecule has 0 aromatic heterocycles. The topological polar surface area (TPSA) is 59.6 Å². The maximum Gasteiger partial charge on any atom is 0.193 e. The highest BCUT2D eigenvalue weighted by atomic mass is 35.5. The first-order valence-corrected chi connectivity index (χ1v) is 9.53. The maximum absolute atomic E-state index is 13.3. The third-order valence-corrected chi connectivity index (χ3v) is 5.27. The summed E-state index contributed by atoms with van der Waals surface area (Å²) in [7, 11) is 2.96. The zero-order chi connectivity index (χ0) is 20.4. The lowest BCUT2D eigenvalue weighted by Gasteiger charge is -2.31. The Hall–Kier alpha value is -2.28. The molecule has 2 aromatic carbocycles. The van der Waals surface area contributed by atoms with Crippen LogP contribution in [0.15, 0.2) is 47.7 Å². The molecule has 1 heterocycles. The number of carbonyl (C=O) groups is 1. The van der Waals surface area contributed by atoms with E-state index in [1.807, 2.05) is 18.2 Å². The molecule has 0 amide bonds. The molecular formula is C20H18Cl2N2O3S. The fourth-order valence-electron chi connectivity index (χ4n) is 3.18. The van der Waals surface area contributed by atoms with Gasteiger partial charge in [0.05, 0.1) is 25.3 Å². The highest BCUT2D eigenvalue weighted by molar-refractivity contribution is 7.80. The van der Waals surface area contributed by atoms with Crippen molar-refractivity contribution in [2.24, 2.45) is 0 Å². The van der Waals surface area contributed by atoms with Gasteiger partial charge in [0.2, 0.25) is 0 Å². The van der Waals surface area contributed by atoms with Gasteiger partial charge in [0.1, 0.15) is 10.8 Å². The Kier molecular flexibility index (Phi) is 6.13. The van der Waals surface area contributed by atoms with Crippen LogP contribution >= 0.6 is 35.4 Å². The van der Waals surface area contributed by atoms with E-state index in [4.69, 9.17) is 44.9 Å². The quantitative estimate of drug-likeness (QED) is 0.523. The van der Waals surface area contributed by atoms with Gasteiger partial charge in [0, 0.05) is 22.4 Å². The van der Waals surface area contributed by atoms with Gasteiger partial charge in [-0.15, -0.1) is 0 Å². The van der Waals surface area contributed by atoms with Crippen LogP contribution in [-0.4, -0.2) is 25.1 Å². The zero-order valence-corrected chi connectivity index (χ0v) is 17.8. The molecule has 2 aromatic rings. The number of allylic oxidation sites excluding steroid dienone is 1. The van der Waals surface area contributed by atoms with E-state index in [1.165, 1.54) is 14.2 Å². The molecule has 2 N–H and O–H groups in total. The summed E-state index contributed by atoms with van der Waals surface area (Å²) in [4.78, 5) is 13.3. The highest BCUT2D eigenvalue weighted by Crippen LogP contribution is 2.46. The van der Waals surface area contributed by atoms with Crippen LogP contribution in [-0.2, 0) is 0 Å². The van der Waals surface area contributed by atoms with E-state index in [9.17, 15) is 4.79 Å².